The van der Waals surface area contributed by atoms with E-state index in [2.05, 4.69) is 22.4 Å². The average Bonchev–Trinajstić information content (AvgIpc) is 2.69. The number of para-hydroxylation sites is 1. The van der Waals surface area contributed by atoms with E-state index in [9.17, 15) is 4.79 Å². The van der Waals surface area contributed by atoms with Crippen LogP contribution in [-0.4, -0.2) is 47.6 Å². The summed E-state index contributed by atoms with van der Waals surface area (Å²) in [6.07, 6.45) is 6.29. The summed E-state index contributed by atoms with van der Waals surface area (Å²) in [5.74, 6) is 1.10. The van der Waals surface area contributed by atoms with Gasteiger partial charge in [0.25, 0.3) is 5.91 Å². The third-order valence-corrected chi connectivity index (χ3v) is 5.04. The summed E-state index contributed by atoms with van der Waals surface area (Å²) in [6, 6.07) is 12.7. The Morgan fingerprint density at radius 2 is 1.96 bits per heavy atom. The second kappa shape index (κ2) is 7.23. The first kappa shape index (κ1) is 16.1. The maximum absolute atomic E-state index is 12.5. The molecule has 4 rings (SSSR count). The maximum Gasteiger partial charge on any atom is 0.255 e. The Bertz CT molecular complexity index is 727. The first-order chi connectivity index (χ1) is 12.3. The van der Waals surface area contributed by atoms with E-state index < -0.39 is 0 Å². The van der Waals surface area contributed by atoms with Crippen molar-refractivity contribution in [1.82, 2.24) is 15.2 Å². The molecule has 0 saturated carbocycles. The van der Waals surface area contributed by atoms with E-state index in [1.807, 2.05) is 29.2 Å². The summed E-state index contributed by atoms with van der Waals surface area (Å²) in [7, 11) is 0. The molecule has 25 heavy (non-hydrogen) atoms. The third kappa shape index (κ3) is 3.66. The number of piperidine rings is 1. The second-order valence-corrected chi connectivity index (χ2v) is 6.79. The number of hydrogen-bond acceptors (Lipinski definition) is 4. The maximum atomic E-state index is 12.5. The minimum Gasteiger partial charge on any atom is -0.492 e. The molecule has 2 aliphatic heterocycles. The van der Waals surface area contributed by atoms with Gasteiger partial charge in [-0.25, -0.2) is 0 Å². The Hall–Kier alpha value is -2.40. The van der Waals surface area contributed by atoms with E-state index in [-0.39, 0.29) is 5.91 Å². The summed E-state index contributed by atoms with van der Waals surface area (Å²) in [6.45, 7) is 2.29. The topological polar surface area (TPSA) is 54.5 Å². The van der Waals surface area contributed by atoms with Crippen LogP contribution in [0.3, 0.4) is 0 Å². The molecule has 1 aromatic heterocycles. The quantitative estimate of drug-likeness (QED) is 0.934. The zero-order valence-corrected chi connectivity index (χ0v) is 14.2. The second-order valence-electron chi connectivity index (χ2n) is 6.79. The van der Waals surface area contributed by atoms with Gasteiger partial charge in [-0.3, -0.25) is 9.78 Å². The fourth-order valence-corrected chi connectivity index (χ4v) is 3.69. The zero-order valence-electron chi connectivity index (χ0n) is 14.2. The first-order valence-corrected chi connectivity index (χ1v) is 8.95. The van der Waals surface area contributed by atoms with Gasteiger partial charge in [-0.05, 0) is 43.0 Å². The largest absolute Gasteiger partial charge is 0.492 e. The van der Waals surface area contributed by atoms with E-state index in [1.54, 1.807) is 12.4 Å². The molecule has 1 atom stereocenters. The van der Waals surface area contributed by atoms with Crippen molar-refractivity contribution in [3.8, 4) is 5.75 Å². The molecule has 3 heterocycles. The number of rotatable bonds is 3. The highest BCUT2D eigenvalue weighted by molar-refractivity contribution is 5.93. The van der Waals surface area contributed by atoms with E-state index in [0.717, 1.165) is 38.1 Å². The number of pyridine rings is 1. The van der Waals surface area contributed by atoms with Crippen molar-refractivity contribution < 1.29 is 9.53 Å². The number of hydrogen-bond donors (Lipinski definition) is 1. The molecule has 2 aromatic rings. The number of nitrogens with zero attached hydrogens (tertiary/aromatic N) is 2. The standard InChI is InChI=1S/C20H23N3O2/c24-20(16-5-3-9-21-13-16)23-10-7-17(8-11-23)22-18-12-15-4-1-2-6-19(15)25-14-18/h1-6,9,13,17-18,22H,7-8,10-12,14H2. The molecule has 0 bridgehead atoms. The van der Waals surface area contributed by atoms with Gasteiger partial charge in [-0.15, -0.1) is 0 Å². The number of likely N-dealkylation sites (tertiary alicyclic amines) is 1. The van der Waals surface area contributed by atoms with Crippen molar-refractivity contribution in [3.05, 3.63) is 59.9 Å². The molecule has 0 radical (unpaired) electrons. The van der Waals surface area contributed by atoms with Gasteiger partial charge in [0.2, 0.25) is 0 Å². The smallest absolute Gasteiger partial charge is 0.255 e. The lowest BCUT2D eigenvalue weighted by molar-refractivity contribution is 0.0696. The molecule has 5 nitrogen and oxygen atoms in total. The van der Waals surface area contributed by atoms with Gasteiger partial charge in [0, 0.05) is 37.6 Å². The van der Waals surface area contributed by atoms with Gasteiger partial charge >= 0.3 is 0 Å². The fourth-order valence-electron chi connectivity index (χ4n) is 3.69. The van der Waals surface area contributed by atoms with Crippen LogP contribution < -0.4 is 10.1 Å². The highest BCUT2D eigenvalue weighted by Gasteiger charge is 2.27. The monoisotopic (exact) mass is 337 g/mol. The van der Waals surface area contributed by atoms with Crippen molar-refractivity contribution in [3.63, 3.8) is 0 Å². The molecule has 1 unspecified atom stereocenters. The zero-order chi connectivity index (χ0) is 17.1. The lowest BCUT2D eigenvalue weighted by Gasteiger charge is -2.36. The Morgan fingerprint density at radius 1 is 1.12 bits per heavy atom. The highest BCUT2D eigenvalue weighted by atomic mass is 16.5. The van der Waals surface area contributed by atoms with Crippen LogP contribution in [0.5, 0.6) is 5.75 Å². The van der Waals surface area contributed by atoms with E-state index in [4.69, 9.17) is 4.74 Å². The predicted octanol–water partition coefficient (Wildman–Crippen LogP) is 2.28. The predicted molar refractivity (Wildman–Crippen MR) is 95.7 cm³/mol. The average molecular weight is 337 g/mol. The first-order valence-electron chi connectivity index (χ1n) is 8.95. The van der Waals surface area contributed by atoms with Crippen molar-refractivity contribution in [2.75, 3.05) is 19.7 Å². The van der Waals surface area contributed by atoms with E-state index >= 15 is 0 Å². The summed E-state index contributed by atoms with van der Waals surface area (Å²) < 4.78 is 5.86. The van der Waals surface area contributed by atoms with E-state index in [1.165, 1.54) is 5.56 Å². The molecular weight excluding hydrogens is 314 g/mol. The molecule has 1 N–H and O–H groups in total. The van der Waals surface area contributed by atoms with Gasteiger partial charge in [0.15, 0.2) is 0 Å². The number of carbonyl (C=O) groups is 1. The number of amides is 1. The number of benzene rings is 1. The molecule has 2 aliphatic rings. The Labute approximate surface area is 148 Å². The fraction of sp³-hybridized carbons (Fsp3) is 0.400. The van der Waals surface area contributed by atoms with E-state index in [0.29, 0.717) is 24.3 Å². The molecular formula is C20H23N3O2. The molecule has 0 aliphatic carbocycles. The van der Waals surface area contributed by atoms with Crippen molar-refractivity contribution in [2.24, 2.45) is 0 Å². The molecule has 1 aromatic carbocycles. The van der Waals surface area contributed by atoms with Crippen LogP contribution in [0, 0.1) is 0 Å². The van der Waals surface area contributed by atoms with Gasteiger partial charge in [0.1, 0.15) is 12.4 Å². The summed E-state index contributed by atoms with van der Waals surface area (Å²) in [5, 5.41) is 3.72. The van der Waals surface area contributed by atoms with Crippen molar-refractivity contribution in [1.29, 1.82) is 0 Å². The van der Waals surface area contributed by atoms with Crippen molar-refractivity contribution in [2.45, 2.75) is 31.3 Å². The molecule has 1 amide bonds. The van der Waals surface area contributed by atoms with Crippen molar-refractivity contribution >= 4 is 5.91 Å². The number of aromatic nitrogens is 1. The number of fused-ring (bicyclic) bond motifs is 1. The van der Waals surface area contributed by atoms with Gasteiger partial charge in [-0.1, -0.05) is 18.2 Å². The minimum atomic E-state index is 0.0847. The van der Waals surface area contributed by atoms with Crippen LogP contribution >= 0.6 is 0 Å². The molecule has 0 spiro atoms. The van der Waals surface area contributed by atoms with Crippen LogP contribution in [0.1, 0.15) is 28.8 Å². The van der Waals surface area contributed by atoms with Crippen LogP contribution in [0.25, 0.3) is 0 Å². The Balaban J connectivity index is 1.29. The number of carbonyl (C=O) groups excluding carboxylic acids is 1. The van der Waals surface area contributed by atoms with Gasteiger partial charge < -0.3 is 15.0 Å². The highest BCUT2D eigenvalue weighted by Crippen LogP contribution is 2.24. The van der Waals surface area contributed by atoms with Crippen LogP contribution in [0.2, 0.25) is 0 Å². The summed E-state index contributed by atoms with van der Waals surface area (Å²) >= 11 is 0. The molecule has 5 heteroatoms. The number of nitrogens with one attached hydrogen (secondary N) is 1. The SMILES string of the molecule is O=C(c1cccnc1)N1CCC(NC2COc3ccccc3C2)CC1. The summed E-state index contributed by atoms with van der Waals surface area (Å²) in [4.78, 5) is 18.4. The minimum absolute atomic E-state index is 0.0847. The van der Waals surface area contributed by atoms with Crippen LogP contribution in [0.4, 0.5) is 0 Å². The summed E-state index contributed by atoms with van der Waals surface area (Å²) in [5.41, 5.74) is 1.95. The Kier molecular flexibility index (Phi) is 4.65. The lowest BCUT2D eigenvalue weighted by atomic mass is 9.99. The third-order valence-electron chi connectivity index (χ3n) is 5.04. The van der Waals surface area contributed by atoms with Gasteiger partial charge in [0.05, 0.1) is 5.56 Å². The normalized spacial score (nSPS) is 20.6. The van der Waals surface area contributed by atoms with Crippen LogP contribution in [0.15, 0.2) is 48.8 Å². The molecule has 1 saturated heterocycles. The molecule has 130 valence electrons. The number of ether oxygens (including phenoxy) is 1. The lowest BCUT2D eigenvalue weighted by Crippen LogP contribution is -2.50. The Morgan fingerprint density at radius 3 is 2.76 bits per heavy atom. The van der Waals surface area contributed by atoms with Crippen LogP contribution in [-0.2, 0) is 6.42 Å². The van der Waals surface area contributed by atoms with Gasteiger partial charge in [-0.2, -0.15) is 0 Å². The molecule has 1 fully saturated rings.